The van der Waals surface area contributed by atoms with E-state index in [0.29, 0.717) is 0 Å². The maximum Gasteiger partial charge on any atom is 0.193 e. The van der Waals surface area contributed by atoms with Gasteiger partial charge in [0.1, 0.15) is 0 Å². The number of carbonyl (C=O) groups excluding carboxylic acids is 1. The molecule has 0 heterocycles. The van der Waals surface area contributed by atoms with Crippen LogP contribution in [0.25, 0.3) is 0 Å². The van der Waals surface area contributed by atoms with Crippen LogP contribution in [0, 0.1) is 20.8 Å². The quantitative estimate of drug-likeness (QED) is 0.622. The monoisotopic (exact) mass is 332 g/mol. The third-order valence-electron chi connectivity index (χ3n) is 4.10. The second-order valence-corrected chi connectivity index (χ2v) is 8.13. The Morgan fingerprint density at radius 1 is 0.750 bits per heavy atom. The molecule has 0 N–H and O–H groups in total. The van der Waals surface area contributed by atoms with E-state index in [-0.39, 0.29) is 5.52 Å². The lowest BCUT2D eigenvalue weighted by molar-refractivity contribution is 0.108. The molecule has 0 aliphatic carbocycles. The average molecular weight is 332 g/mol. The van der Waals surface area contributed by atoms with E-state index in [2.05, 4.69) is 45.0 Å². The molecule has 3 aromatic carbocycles. The first kappa shape index (κ1) is 16.6. The zero-order chi connectivity index (χ0) is 17.1. The van der Waals surface area contributed by atoms with E-state index in [1.807, 2.05) is 48.5 Å². The molecule has 120 valence electrons. The van der Waals surface area contributed by atoms with Crippen LogP contribution in [0.3, 0.4) is 0 Å². The zero-order valence-electron chi connectivity index (χ0n) is 14.3. The Morgan fingerprint density at radius 3 is 1.79 bits per heavy atom. The molecule has 0 amide bonds. The van der Waals surface area contributed by atoms with Crippen LogP contribution in [0.2, 0.25) is 0 Å². The Morgan fingerprint density at radius 2 is 1.25 bits per heavy atom. The highest BCUT2D eigenvalue weighted by atomic mass is 31.1. The fourth-order valence-electron chi connectivity index (χ4n) is 3.16. The van der Waals surface area contributed by atoms with Crippen LogP contribution in [0.5, 0.6) is 0 Å². The van der Waals surface area contributed by atoms with Gasteiger partial charge < -0.3 is 0 Å². The van der Waals surface area contributed by atoms with Crippen LogP contribution in [-0.4, -0.2) is 5.52 Å². The molecule has 2 heteroatoms. The van der Waals surface area contributed by atoms with E-state index in [9.17, 15) is 4.79 Å². The highest BCUT2D eigenvalue weighted by molar-refractivity contribution is 7.88. The van der Waals surface area contributed by atoms with Gasteiger partial charge in [-0.2, -0.15) is 0 Å². The predicted octanol–water partition coefficient (Wildman–Crippen LogP) is 4.88. The van der Waals surface area contributed by atoms with Gasteiger partial charge in [0.25, 0.3) is 0 Å². The lowest BCUT2D eigenvalue weighted by Crippen LogP contribution is -2.22. The lowest BCUT2D eigenvalue weighted by atomic mass is 10.1. The number of hydrogen-bond acceptors (Lipinski definition) is 1. The maximum atomic E-state index is 13.4. The molecule has 3 rings (SSSR count). The predicted molar refractivity (Wildman–Crippen MR) is 104 cm³/mol. The van der Waals surface area contributed by atoms with Crippen LogP contribution < -0.4 is 10.6 Å². The average Bonchev–Trinajstić information content (AvgIpc) is 2.59. The van der Waals surface area contributed by atoms with Crippen molar-refractivity contribution >= 4 is 24.1 Å². The van der Waals surface area contributed by atoms with E-state index in [0.717, 1.165) is 10.9 Å². The van der Waals surface area contributed by atoms with Crippen molar-refractivity contribution in [3.05, 3.63) is 95.1 Å². The summed E-state index contributed by atoms with van der Waals surface area (Å²) in [6.07, 6.45) is 0. The molecule has 0 aromatic heterocycles. The third kappa shape index (κ3) is 3.32. The number of aryl methyl sites for hydroxylation is 3. The lowest BCUT2D eigenvalue weighted by Gasteiger charge is -2.22. The summed E-state index contributed by atoms with van der Waals surface area (Å²) in [6.45, 7) is 6.34. The number of hydrogen-bond donors (Lipinski definition) is 0. The first-order chi connectivity index (χ1) is 11.6. The molecule has 0 saturated carbocycles. The topological polar surface area (TPSA) is 17.1 Å². The van der Waals surface area contributed by atoms with Gasteiger partial charge in [-0.25, -0.2) is 0 Å². The Kier molecular flexibility index (Phi) is 4.92. The molecule has 0 fully saturated rings. The molecule has 0 bridgehead atoms. The Labute approximate surface area is 145 Å². The summed E-state index contributed by atoms with van der Waals surface area (Å²) in [5.41, 5.74) is 4.64. The number of carbonyl (C=O) groups is 1. The normalized spacial score (nSPS) is 12.0. The zero-order valence-corrected chi connectivity index (χ0v) is 15.2. The minimum absolute atomic E-state index is 0.215. The molecule has 1 atom stereocenters. The molecule has 0 radical (unpaired) electrons. The van der Waals surface area contributed by atoms with Gasteiger partial charge in [0.2, 0.25) is 0 Å². The molecular formula is C22H21OP. The second-order valence-electron chi connectivity index (χ2n) is 6.09. The van der Waals surface area contributed by atoms with Gasteiger partial charge in [-0.1, -0.05) is 78.4 Å². The Bertz CT molecular complexity index is 831. The summed E-state index contributed by atoms with van der Waals surface area (Å²) in [4.78, 5) is 13.4. The van der Waals surface area contributed by atoms with Crippen LogP contribution in [0.15, 0.2) is 72.8 Å². The van der Waals surface area contributed by atoms with E-state index >= 15 is 0 Å². The van der Waals surface area contributed by atoms with Crippen molar-refractivity contribution in [2.75, 3.05) is 0 Å². The highest BCUT2D eigenvalue weighted by Crippen LogP contribution is 2.40. The van der Waals surface area contributed by atoms with Crippen LogP contribution in [-0.2, 0) is 0 Å². The standard InChI is InChI=1S/C22H21OP/c1-16-14-17(2)21(18(3)15-16)24(20-12-8-5-9-13-20)22(23)19-10-6-4-7-11-19/h4-15H,1-3H3. The largest absolute Gasteiger partial charge is 0.288 e. The fourth-order valence-corrected chi connectivity index (χ4v) is 5.57. The molecule has 3 aromatic rings. The van der Waals surface area contributed by atoms with Crippen LogP contribution in [0.1, 0.15) is 27.0 Å². The summed E-state index contributed by atoms with van der Waals surface area (Å²) >= 11 is 0. The first-order valence-electron chi connectivity index (χ1n) is 8.10. The van der Waals surface area contributed by atoms with Crippen molar-refractivity contribution in [3.8, 4) is 0 Å². The van der Waals surface area contributed by atoms with Crippen molar-refractivity contribution in [1.82, 2.24) is 0 Å². The van der Waals surface area contributed by atoms with Gasteiger partial charge in [-0.3, -0.25) is 4.79 Å². The highest BCUT2D eigenvalue weighted by Gasteiger charge is 2.26. The molecule has 0 aliphatic rings. The van der Waals surface area contributed by atoms with Gasteiger partial charge in [-0.05, 0) is 42.5 Å². The SMILES string of the molecule is Cc1cc(C)c(P(C(=O)c2ccccc2)c2ccccc2)c(C)c1. The summed E-state index contributed by atoms with van der Waals surface area (Å²) in [5, 5.41) is 2.30. The molecule has 0 aliphatic heterocycles. The fraction of sp³-hybridized carbons (Fsp3) is 0.136. The first-order valence-corrected chi connectivity index (χ1v) is 9.44. The molecule has 24 heavy (non-hydrogen) atoms. The van der Waals surface area contributed by atoms with Gasteiger partial charge in [0.15, 0.2) is 5.52 Å². The maximum absolute atomic E-state index is 13.4. The smallest absolute Gasteiger partial charge is 0.193 e. The van der Waals surface area contributed by atoms with Crippen LogP contribution in [0.4, 0.5) is 0 Å². The summed E-state index contributed by atoms with van der Waals surface area (Å²) < 4.78 is 0. The van der Waals surface area contributed by atoms with E-state index in [4.69, 9.17) is 0 Å². The molecular weight excluding hydrogens is 311 g/mol. The Hall–Kier alpha value is -2.24. The summed E-state index contributed by atoms with van der Waals surface area (Å²) in [6, 6.07) is 24.2. The minimum atomic E-state index is -1.08. The van der Waals surface area contributed by atoms with Crippen molar-refractivity contribution in [1.29, 1.82) is 0 Å². The van der Waals surface area contributed by atoms with Gasteiger partial charge in [-0.15, -0.1) is 0 Å². The van der Waals surface area contributed by atoms with Gasteiger partial charge in [0, 0.05) is 13.5 Å². The Balaban J connectivity index is 2.19. The summed E-state index contributed by atoms with van der Waals surface area (Å²) in [7, 11) is -1.08. The third-order valence-corrected chi connectivity index (χ3v) is 6.73. The number of rotatable bonds is 4. The van der Waals surface area contributed by atoms with Crippen LogP contribution >= 0.6 is 7.92 Å². The molecule has 1 unspecified atom stereocenters. The van der Waals surface area contributed by atoms with E-state index in [1.54, 1.807) is 0 Å². The van der Waals surface area contributed by atoms with Crippen molar-refractivity contribution in [2.45, 2.75) is 20.8 Å². The van der Waals surface area contributed by atoms with E-state index in [1.165, 1.54) is 22.0 Å². The molecule has 0 saturated heterocycles. The second kappa shape index (κ2) is 7.11. The van der Waals surface area contributed by atoms with Crippen molar-refractivity contribution < 1.29 is 4.79 Å². The van der Waals surface area contributed by atoms with E-state index < -0.39 is 7.92 Å². The van der Waals surface area contributed by atoms with Gasteiger partial charge >= 0.3 is 0 Å². The summed E-state index contributed by atoms with van der Waals surface area (Å²) in [5.74, 6) is 0. The minimum Gasteiger partial charge on any atom is -0.288 e. The van der Waals surface area contributed by atoms with Gasteiger partial charge in [0.05, 0.1) is 0 Å². The molecule has 1 nitrogen and oxygen atoms in total. The van der Waals surface area contributed by atoms with Crippen molar-refractivity contribution in [2.24, 2.45) is 0 Å². The molecule has 0 spiro atoms. The number of benzene rings is 3. The van der Waals surface area contributed by atoms with Crippen molar-refractivity contribution in [3.63, 3.8) is 0 Å².